The van der Waals surface area contributed by atoms with Crippen LogP contribution in [-0.2, 0) is 0 Å². The molecule has 4 aromatic rings. The molecule has 0 radical (unpaired) electrons. The van der Waals surface area contributed by atoms with Gasteiger partial charge in [0.1, 0.15) is 11.8 Å². The SMILES string of the molecule is CC(C)Oc1ccc(N2C(=S)N[C@H](c3ccccn3)[C@@H]2c2cccn2-c2cccc(Cl)c2)cc1. The molecule has 2 aromatic carbocycles. The number of ether oxygens (including phenoxy) is 1. The molecule has 0 amide bonds. The highest BCUT2D eigenvalue weighted by Crippen LogP contribution is 2.42. The Morgan fingerprint density at radius 1 is 0.971 bits per heavy atom. The summed E-state index contributed by atoms with van der Waals surface area (Å²) in [4.78, 5) is 6.80. The van der Waals surface area contributed by atoms with E-state index in [1.165, 1.54) is 0 Å². The molecule has 1 aliphatic heterocycles. The molecule has 5 nitrogen and oxygen atoms in total. The molecule has 1 N–H and O–H groups in total. The van der Waals surface area contributed by atoms with Gasteiger partial charge in [-0.15, -0.1) is 0 Å². The third kappa shape index (κ3) is 4.39. The quantitative estimate of drug-likeness (QED) is 0.314. The van der Waals surface area contributed by atoms with E-state index in [0.29, 0.717) is 10.1 Å². The Morgan fingerprint density at radius 2 is 1.79 bits per heavy atom. The number of thiocarbonyl (C=S) groups is 1. The molecule has 5 rings (SSSR count). The van der Waals surface area contributed by atoms with Gasteiger partial charge in [0.2, 0.25) is 0 Å². The Bertz CT molecular complexity index is 1290. The number of nitrogens with zero attached hydrogens (tertiary/aromatic N) is 3. The predicted molar refractivity (Wildman–Crippen MR) is 141 cm³/mol. The van der Waals surface area contributed by atoms with Gasteiger partial charge in [-0.3, -0.25) is 4.98 Å². The van der Waals surface area contributed by atoms with E-state index in [-0.39, 0.29) is 18.2 Å². The van der Waals surface area contributed by atoms with Gasteiger partial charge in [-0.1, -0.05) is 23.7 Å². The Balaban J connectivity index is 1.61. The Labute approximate surface area is 210 Å². The van der Waals surface area contributed by atoms with Crippen molar-refractivity contribution in [2.45, 2.75) is 32.0 Å². The van der Waals surface area contributed by atoms with E-state index in [4.69, 9.17) is 28.6 Å². The molecule has 0 saturated carbocycles. The molecule has 1 aliphatic rings. The van der Waals surface area contributed by atoms with Crippen LogP contribution in [0.5, 0.6) is 5.75 Å². The molecule has 2 aromatic heterocycles. The largest absolute Gasteiger partial charge is 0.491 e. The highest BCUT2D eigenvalue weighted by atomic mass is 35.5. The van der Waals surface area contributed by atoms with Crippen LogP contribution in [0, 0.1) is 0 Å². The molecule has 0 bridgehead atoms. The minimum absolute atomic E-state index is 0.114. The zero-order chi connectivity index (χ0) is 23.7. The lowest BCUT2D eigenvalue weighted by Crippen LogP contribution is -2.30. The second-order valence-corrected chi connectivity index (χ2v) is 9.26. The second-order valence-electron chi connectivity index (χ2n) is 8.44. The van der Waals surface area contributed by atoms with Crippen LogP contribution in [0.15, 0.2) is 91.3 Å². The van der Waals surface area contributed by atoms with Gasteiger partial charge in [-0.2, -0.15) is 0 Å². The van der Waals surface area contributed by atoms with Crippen molar-refractivity contribution in [3.8, 4) is 11.4 Å². The van der Waals surface area contributed by atoms with Crippen molar-refractivity contribution in [3.63, 3.8) is 0 Å². The third-order valence-electron chi connectivity index (χ3n) is 5.75. The molecule has 172 valence electrons. The maximum absolute atomic E-state index is 6.32. The number of nitrogens with one attached hydrogen (secondary N) is 1. The highest BCUT2D eigenvalue weighted by Gasteiger charge is 2.42. The van der Waals surface area contributed by atoms with E-state index >= 15 is 0 Å². The normalized spacial score (nSPS) is 17.8. The van der Waals surface area contributed by atoms with E-state index in [0.717, 1.165) is 28.5 Å². The summed E-state index contributed by atoms with van der Waals surface area (Å²) >= 11 is 12.2. The van der Waals surface area contributed by atoms with Gasteiger partial charge in [-0.05, 0) is 92.8 Å². The maximum atomic E-state index is 6.32. The summed E-state index contributed by atoms with van der Waals surface area (Å²) in [5.41, 5.74) is 3.98. The van der Waals surface area contributed by atoms with Gasteiger partial charge in [0, 0.05) is 34.5 Å². The van der Waals surface area contributed by atoms with Crippen molar-refractivity contribution >= 4 is 34.6 Å². The molecule has 7 heteroatoms. The van der Waals surface area contributed by atoms with E-state index in [9.17, 15) is 0 Å². The van der Waals surface area contributed by atoms with Crippen LogP contribution in [0.3, 0.4) is 0 Å². The lowest BCUT2D eigenvalue weighted by Gasteiger charge is -2.29. The van der Waals surface area contributed by atoms with Crippen LogP contribution in [0.2, 0.25) is 5.02 Å². The van der Waals surface area contributed by atoms with E-state index < -0.39 is 0 Å². The van der Waals surface area contributed by atoms with Gasteiger partial charge < -0.3 is 19.5 Å². The summed E-state index contributed by atoms with van der Waals surface area (Å²) in [6, 6.07) is 25.8. The summed E-state index contributed by atoms with van der Waals surface area (Å²) in [5.74, 6) is 0.831. The minimum Gasteiger partial charge on any atom is -0.491 e. The average Bonchev–Trinajstić information content (AvgIpc) is 3.44. The van der Waals surface area contributed by atoms with Gasteiger partial charge in [0.25, 0.3) is 0 Å². The first-order valence-electron chi connectivity index (χ1n) is 11.2. The van der Waals surface area contributed by atoms with Crippen LogP contribution >= 0.6 is 23.8 Å². The number of benzene rings is 2. The van der Waals surface area contributed by atoms with Crippen molar-refractivity contribution in [1.82, 2.24) is 14.9 Å². The molecule has 0 aliphatic carbocycles. The first-order chi connectivity index (χ1) is 16.5. The lowest BCUT2D eigenvalue weighted by atomic mass is 10.0. The fourth-order valence-electron chi connectivity index (χ4n) is 4.39. The number of hydrogen-bond donors (Lipinski definition) is 1. The van der Waals surface area contributed by atoms with Crippen LogP contribution in [0.4, 0.5) is 5.69 Å². The summed E-state index contributed by atoms with van der Waals surface area (Å²) in [7, 11) is 0. The number of hydrogen-bond acceptors (Lipinski definition) is 3. The smallest absolute Gasteiger partial charge is 0.174 e. The Hall–Kier alpha value is -3.35. The topological polar surface area (TPSA) is 42.3 Å². The highest BCUT2D eigenvalue weighted by molar-refractivity contribution is 7.80. The van der Waals surface area contributed by atoms with Crippen molar-refractivity contribution in [3.05, 3.63) is 108 Å². The van der Waals surface area contributed by atoms with Crippen molar-refractivity contribution in [2.75, 3.05) is 4.90 Å². The van der Waals surface area contributed by atoms with Crippen LogP contribution in [0.1, 0.15) is 37.3 Å². The van der Waals surface area contributed by atoms with Gasteiger partial charge >= 0.3 is 0 Å². The number of aromatic nitrogens is 2. The van der Waals surface area contributed by atoms with Crippen molar-refractivity contribution in [1.29, 1.82) is 0 Å². The molecular weight excluding hydrogens is 464 g/mol. The fraction of sp³-hybridized carbons (Fsp3) is 0.185. The summed E-state index contributed by atoms with van der Waals surface area (Å²) in [6.45, 7) is 4.04. The maximum Gasteiger partial charge on any atom is 0.174 e. The third-order valence-corrected chi connectivity index (χ3v) is 6.30. The minimum atomic E-state index is -0.131. The summed E-state index contributed by atoms with van der Waals surface area (Å²) < 4.78 is 8.00. The van der Waals surface area contributed by atoms with E-state index in [2.05, 4.69) is 32.0 Å². The van der Waals surface area contributed by atoms with E-state index in [1.807, 2.05) is 92.8 Å². The van der Waals surface area contributed by atoms with Gasteiger partial charge in [0.05, 0.1) is 17.8 Å². The monoisotopic (exact) mass is 488 g/mol. The Kier molecular flexibility index (Phi) is 6.26. The number of rotatable bonds is 6. The number of halogens is 1. The first-order valence-corrected chi connectivity index (χ1v) is 12.0. The van der Waals surface area contributed by atoms with Gasteiger partial charge in [0.15, 0.2) is 5.11 Å². The molecule has 1 fully saturated rings. The zero-order valence-corrected chi connectivity index (χ0v) is 20.5. The second kappa shape index (κ2) is 9.49. The molecular formula is C27H25ClN4OS. The molecule has 2 atom stereocenters. The van der Waals surface area contributed by atoms with Crippen LogP contribution < -0.4 is 15.0 Å². The standard InChI is InChI=1S/C27H25ClN4OS/c1-18(2)33-22-13-11-20(12-14-22)32-26(25(30-27(32)34)23-9-3-4-15-29-23)24-10-6-16-31(24)21-8-5-7-19(28)17-21/h3-18,25-26H,1-2H3,(H,30,34)/t25-,26+/m1/s1. The lowest BCUT2D eigenvalue weighted by molar-refractivity contribution is 0.242. The molecule has 34 heavy (non-hydrogen) atoms. The summed E-state index contributed by atoms with van der Waals surface area (Å²) in [5, 5.41) is 4.86. The summed E-state index contributed by atoms with van der Waals surface area (Å²) in [6.07, 6.45) is 3.98. The molecule has 0 spiro atoms. The zero-order valence-electron chi connectivity index (χ0n) is 18.9. The van der Waals surface area contributed by atoms with Crippen LogP contribution in [0.25, 0.3) is 5.69 Å². The van der Waals surface area contributed by atoms with E-state index in [1.54, 1.807) is 0 Å². The number of anilines is 1. The molecule has 3 heterocycles. The fourth-order valence-corrected chi connectivity index (χ4v) is 4.92. The first kappa shape index (κ1) is 22.4. The predicted octanol–water partition coefficient (Wildman–Crippen LogP) is 6.49. The molecule has 1 saturated heterocycles. The Morgan fingerprint density at radius 3 is 2.50 bits per heavy atom. The number of pyridine rings is 1. The molecule has 0 unspecified atom stereocenters. The average molecular weight is 489 g/mol. The van der Waals surface area contributed by atoms with Gasteiger partial charge in [-0.25, -0.2) is 0 Å². The van der Waals surface area contributed by atoms with Crippen LogP contribution in [-0.4, -0.2) is 20.8 Å². The van der Waals surface area contributed by atoms with Crippen molar-refractivity contribution < 1.29 is 4.74 Å². The van der Waals surface area contributed by atoms with Crippen molar-refractivity contribution in [2.24, 2.45) is 0 Å².